The van der Waals surface area contributed by atoms with E-state index in [1.165, 1.54) is 44.5 Å². The number of hydrogen-bond donors (Lipinski definition) is 0. The molecule has 82 heavy (non-hydrogen) atoms. The number of halogens is 24. The van der Waals surface area contributed by atoms with Crippen LogP contribution in [0.3, 0.4) is 0 Å². The van der Waals surface area contributed by atoms with Gasteiger partial charge in [0.25, 0.3) is 0 Å². The van der Waals surface area contributed by atoms with E-state index in [2.05, 4.69) is 201 Å². The molecule has 0 bridgehead atoms. The second-order valence-electron chi connectivity index (χ2n) is 18.0. The zero-order valence-electron chi connectivity index (χ0n) is 41.1. The van der Waals surface area contributed by atoms with Crippen LogP contribution in [0.1, 0.15) is 29.5 Å². The normalized spacial score (nSPS) is 16.2. The van der Waals surface area contributed by atoms with Gasteiger partial charge in [-0.3, -0.25) is 0 Å². The van der Waals surface area contributed by atoms with Gasteiger partial charge < -0.3 is 0 Å². The number of hydrogen-bond acceptors (Lipinski definition) is 2. The summed E-state index contributed by atoms with van der Waals surface area (Å²) in [5, 5.41) is 0. The Bertz CT molecular complexity index is 3450. The molecule has 8 aromatic rings. The van der Waals surface area contributed by atoms with Crippen molar-refractivity contribution in [2.75, 3.05) is 0 Å². The third-order valence-corrected chi connectivity index (χ3v) is 10.2. The molecule has 0 fully saturated rings. The van der Waals surface area contributed by atoms with Crippen molar-refractivity contribution in [3.8, 4) is 22.3 Å². The molecule has 0 atom stereocenters. The van der Waals surface area contributed by atoms with Crippen molar-refractivity contribution >= 4 is 53.3 Å². The third kappa shape index (κ3) is 33.3. The fourth-order valence-corrected chi connectivity index (χ4v) is 7.19. The monoisotopic (exact) mass is 1280 g/mol. The van der Waals surface area contributed by atoms with E-state index < -0.39 is 31.2 Å². The van der Waals surface area contributed by atoms with Gasteiger partial charge in [0.2, 0.25) is 0 Å². The summed E-state index contributed by atoms with van der Waals surface area (Å²) in [7, 11) is -42.6. The Balaban J connectivity index is 0.000000363. The van der Waals surface area contributed by atoms with Gasteiger partial charge in [0.15, 0.2) is 75.8 Å². The second-order valence-corrected chi connectivity index (χ2v) is 25.7. The summed E-state index contributed by atoms with van der Waals surface area (Å²) in [6, 6.07) is 40.9. The standard InChI is InChI=1S/C48H42N6.4F6P/c1-3-7-37(8-4-1)33-51-23-15-41(16-24-51)43-19-27-53(28-20-43)35-39-11-13-45-47(31-39)50-48-32-40(12-14-46(48)49-45)36-54-29-21-44(22-30-54)42-17-25-52(26-18-42)34-38-9-5-2-6-10-38;4*1-7(2,3,4,5)6/h1,3-5,7-32H,2,6,33-36H2;;;;/q+4;4*-1. The summed E-state index contributed by atoms with van der Waals surface area (Å²) in [6.07, 6.45) is 26.4. The van der Waals surface area contributed by atoms with Crippen LogP contribution in [0.5, 0.6) is 0 Å². The van der Waals surface area contributed by atoms with Crippen LogP contribution in [-0.2, 0) is 26.2 Å². The van der Waals surface area contributed by atoms with Crippen LogP contribution in [0.4, 0.5) is 101 Å². The second kappa shape index (κ2) is 20.6. The molecule has 34 heteroatoms. The van der Waals surface area contributed by atoms with Crippen LogP contribution in [-0.4, -0.2) is 9.97 Å². The minimum absolute atomic E-state index is 0.757. The Hall–Kier alpha value is -6.62. The summed E-state index contributed by atoms with van der Waals surface area (Å²) >= 11 is 0. The molecule has 452 valence electrons. The molecule has 0 amide bonds. The predicted molar refractivity (Wildman–Crippen MR) is 266 cm³/mol. The van der Waals surface area contributed by atoms with Crippen LogP contribution < -0.4 is 18.3 Å². The summed E-state index contributed by atoms with van der Waals surface area (Å²) < 4.78 is 246. The van der Waals surface area contributed by atoms with Crippen LogP contribution in [0, 0.1) is 0 Å². The van der Waals surface area contributed by atoms with Gasteiger partial charge in [0.05, 0.1) is 22.1 Å². The molecular formula is C48H42F24N6P4. The fourth-order valence-electron chi connectivity index (χ4n) is 7.19. The molecule has 0 aliphatic heterocycles. The van der Waals surface area contributed by atoms with Crippen LogP contribution in [0.25, 0.3) is 44.3 Å². The summed E-state index contributed by atoms with van der Waals surface area (Å²) in [4.78, 5) is 10.0. The fraction of sp³-hybridized carbons (Fsp3) is 0.125. The van der Waals surface area contributed by atoms with Gasteiger partial charge in [-0.05, 0) is 59.4 Å². The number of pyridine rings is 4. The zero-order valence-corrected chi connectivity index (χ0v) is 44.7. The molecule has 5 aromatic heterocycles. The minimum atomic E-state index is -10.7. The molecule has 0 spiro atoms. The first-order chi connectivity index (χ1) is 36.5. The predicted octanol–water partition coefficient (Wildman–Crippen LogP) is 21.2. The number of benzene rings is 3. The maximum atomic E-state index is 9.87. The van der Waals surface area contributed by atoms with E-state index in [0.717, 1.165) is 61.1 Å². The van der Waals surface area contributed by atoms with E-state index in [1.807, 2.05) is 0 Å². The molecule has 0 saturated carbocycles. The Morgan fingerprint density at radius 3 is 0.878 bits per heavy atom. The number of fused-ring (bicyclic) bond motifs is 2. The summed E-state index contributed by atoms with van der Waals surface area (Å²) in [5.41, 5.74) is 13.5. The Kier molecular flexibility index (Phi) is 16.6. The van der Waals surface area contributed by atoms with Gasteiger partial charge in [-0.1, -0.05) is 60.7 Å². The van der Waals surface area contributed by atoms with E-state index in [4.69, 9.17) is 9.97 Å². The van der Waals surface area contributed by atoms with Crippen molar-refractivity contribution < 1.29 is 119 Å². The molecule has 1 aliphatic carbocycles. The molecule has 3 aromatic carbocycles. The molecule has 6 nitrogen and oxygen atoms in total. The van der Waals surface area contributed by atoms with Crippen molar-refractivity contribution in [2.24, 2.45) is 0 Å². The van der Waals surface area contributed by atoms with Gasteiger partial charge in [0, 0.05) is 70.8 Å². The first-order valence-electron chi connectivity index (χ1n) is 22.8. The number of nitrogens with zero attached hydrogens (tertiary/aromatic N) is 6. The maximum absolute atomic E-state index is 10.7. The molecule has 9 rings (SSSR count). The van der Waals surface area contributed by atoms with Crippen molar-refractivity contribution in [3.05, 3.63) is 205 Å². The van der Waals surface area contributed by atoms with E-state index in [0.29, 0.717) is 0 Å². The third-order valence-electron chi connectivity index (χ3n) is 10.2. The Morgan fingerprint density at radius 1 is 0.305 bits per heavy atom. The van der Waals surface area contributed by atoms with Gasteiger partial charge in [-0.2, -0.15) is 0 Å². The SMILES string of the molecule is C1=CC(C[n+]2ccc(-c3cc[n+](Cc4ccc5nc6ccc(C[n+]7ccc(-c8cc[n+](Cc9ccccc9)cc8)cc7)cc6nc5c4)cc3)cc2)=CCC1.F[P-](F)(F)(F)(F)F.F[P-](F)(F)(F)(F)F.F[P-](F)(F)(F)(F)F.F[P-](F)(F)(F)(F)F. The number of rotatable bonds is 10. The van der Waals surface area contributed by atoms with Crippen LogP contribution in [0.2, 0.25) is 0 Å². The molecular weight excluding hydrogens is 1240 g/mol. The quantitative estimate of drug-likeness (QED) is 0.0593. The molecule has 1 aliphatic rings. The first kappa shape index (κ1) is 66.2. The number of aromatic nitrogens is 6. The Labute approximate surface area is 447 Å². The zero-order chi connectivity index (χ0) is 61.7. The molecule has 5 heterocycles. The van der Waals surface area contributed by atoms with E-state index in [9.17, 15) is 101 Å². The van der Waals surface area contributed by atoms with Gasteiger partial charge in [-0.25, -0.2) is 28.2 Å². The van der Waals surface area contributed by atoms with E-state index >= 15 is 0 Å². The average Bonchev–Trinajstić information content (AvgIpc) is 3.36. The summed E-state index contributed by atoms with van der Waals surface area (Å²) in [5.74, 6) is 0. The van der Waals surface area contributed by atoms with E-state index in [-0.39, 0.29) is 0 Å². The van der Waals surface area contributed by atoms with Gasteiger partial charge in [0.1, 0.15) is 0 Å². The van der Waals surface area contributed by atoms with Crippen molar-refractivity contribution in [3.63, 3.8) is 0 Å². The average molecular weight is 1280 g/mol. The first-order valence-corrected chi connectivity index (χ1v) is 30.9. The number of allylic oxidation sites excluding steroid dienone is 4. The van der Waals surface area contributed by atoms with Crippen molar-refractivity contribution in [2.45, 2.75) is 39.0 Å². The van der Waals surface area contributed by atoms with Crippen LogP contribution >= 0.6 is 31.2 Å². The van der Waals surface area contributed by atoms with E-state index in [1.54, 1.807) is 0 Å². The van der Waals surface area contributed by atoms with Gasteiger partial charge in [-0.15, -0.1) is 0 Å². The van der Waals surface area contributed by atoms with Gasteiger partial charge >= 0.3 is 132 Å². The molecule has 0 saturated heterocycles. The molecule has 0 N–H and O–H groups in total. The van der Waals surface area contributed by atoms with Crippen LogP contribution in [0.15, 0.2) is 189 Å². The van der Waals surface area contributed by atoms with Crippen molar-refractivity contribution in [1.29, 1.82) is 0 Å². The summed E-state index contributed by atoms with van der Waals surface area (Å²) in [6.45, 7) is 3.30. The molecule has 0 unspecified atom stereocenters. The topological polar surface area (TPSA) is 41.3 Å². The molecule has 0 radical (unpaired) electrons. The Morgan fingerprint density at radius 2 is 0.585 bits per heavy atom. The van der Waals surface area contributed by atoms with Crippen molar-refractivity contribution in [1.82, 2.24) is 9.97 Å².